The molecular formula is C13H13FN2O4S. The zero-order chi connectivity index (χ0) is 15.1. The Kier molecular flexibility index (Phi) is 3.72. The first-order chi connectivity index (χ1) is 10.0. The van der Waals surface area contributed by atoms with Gasteiger partial charge in [-0.05, 0) is 18.2 Å². The van der Waals surface area contributed by atoms with Gasteiger partial charge in [0.2, 0.25) is 5.95 Å². The van der Waals surface area contributed by atoms with E-state index in [1.165, 1.54) is 12.1 Å². The lowest BCUT2D eigenvalue weighted by atomic mass is 10.0. The Morgan fingerprint density at radius 2 is 2.10 bits per heavy atom. The first kappa shape index (κ1) is 14.5. The Labute approximate surface area is 123 Å². The minimum absolute atomic E-state index is 0.232. The molecule has 2 aromatic heterocycles. The van der Waals surface area contributed by atoms with Crippen LogP contribution < -0.4 is 0 Å². The van der Waals surface area contributed by atoms with Crippen LogP contribution in [-0.4, -0.2) is 50.2 Å². The maximum Gasteiger partial charge on any atom is 0.214 e. The topological polar surface area (TPSA) is 98.6 Å². The molecular weight excluding hydrogens is 299 g/mol. The van der Waals surface area contributed by atoms with E-state index in [1.807, 2.05) is 0 Å². The van der Waals surface area contributed by atoms with Gasteiger partial charge in [0, 0.05) is 10.9 Å². The van der Waals surface area contributed by atoms with E-state index in [-0.39, 0.29) is 10.3 Å². The number of aliphatic hydroxyl groups is 3. The third kappa shape index (κ3) is 2.45. The third-order valence-corrected chi connectivity index (χ3v) is 3.88. The number of nitrogens with zero attached hydrogens (tertiary/aromatic N) is 1. The summed E-state index contributed by atoms with van der Waals surface area (Å²) in [4.78, 5) is 6.46. The lowest BCUT2D eigenvalue weighted by molar-refractivity contribution is -0.0229. The number of hydrogen-bond donors (Lipinski definition) is 4. The summed E-state index contributed by atoms with van der Waals surface area (Å²) in [7, 11) is 0. The van der Waals surface area contributed by atoms with Crippen molar-refractivity contribution < 1.29 is 24.4 Å². The van der Waals surface area contributed by atoms with Gasteiger partial charge >= 0.3 is 0 Å². The van der Waals surface area contributed by atoms with Gasteiger partial charge in [0.1, 0.15) is 34.7 Å². The molecule has 1 saturated heterocycles. The van der Waals surface area contributed by atoms with Crippen LogP contribution in [-0.2, 0) is 4.74 Å². The van der Waals surface area contributed by atoms with Crippen molar-refractivity contribution >= 4 is 23.3 Å². The van der Waals surface area contributed by atoms with E-state index < -0.39 is 37.0 Å². The molecule has 2 aromatic rings. The average Bonchev–Trinajstić information content (AvgIpc) is 2.74. The predicted octanol–water partition coefficient (Wildman–Crippen LogP) is 0.585. The summed E-state index contributed by atoms with van der Waals surface area (Å²) in [5, 5.41) is 29.5. The van der Waals surface area contributed by atoms with E-state index >= 15 is 0 Å². The monoisotopic (exact) mass is 312 g/mol. The molecule has 0 radical (unpaired) electrons. The van der Waals surface area contributed by atoms with E-state index in [1.54, 1.807) is 6.07 Å². The summed E-state index contributed by atoms with van der Waals surface area (Å²) in [6, 6.07) is 4.36. The lowest BCUT2D eigenvalue weighted by Gasteiger charge is -2.15. The highest BCUT2D eigenvalue weighted by molar-refractivity contribution is 7.71. The number of aromatic nitrogens is 2. The van der Waals surface area contributed by atoms with E-state index in [9.17, 15) is 14.6 Å². The van der Waals surface area contributed by atoms with Crippen LogP contribution in [0.2, 0.25) is 0 Å². The standard InChI is InChI=1S/C13H13FN2O4S/c14-8-2-1-5-3-6(13(21)16-12(5)15-8)11-10(19)9(18)7(4-17)20-11/h1-3,7,9-11,17-19H,4H2,(H,15,16,21). The molecule has 1 fully saturated rings. The number of aromatic amines is 1. The molecule has 6 nitrogen and oxygen atoms in total. The second kappa shape index (κ2) is 5.39. The average molecular weight is 312 g/mol. The fraction of sp³-hybridized carbons (Fsp3) is 0.385. The highest BCUT2D eigenvalue weighted by atomic mass is 32.1. The minimum atomic E-state index is -1.21. The van der Waals surface area contributed by atoms with Crippen molar-refractivity contribution in [2.24, 2.45) is 0 Å². The SMILES string of the molecule is OCC1OC(c2cc3ccc(F)nc3[nH]c2=S)C(O)C1O. The molecule has 1 aliphatic rings. The molecule has 0 spiro atoms. The van der Waals surface area contributed by atoms with E-state index in [0.29, 0.717) is 10.9 Å². The quantitative estimate of drug-likeness (QED) is 0.478. The summed E-state index contributed by atoms with van der Waals surface area (Å²) in [6.07, 6.45) is -4.14. The Morgan fingerprint density at radius 1 is 1.33 bits per heavy atom. The second-order valence-corrected chi connectivity index (χ2v) is 5.29. The van der Waals surface area contributed by atoms with Crippen molar-refractivity contribution in [3.63, 3.8) is 0 Å². The largest absolute Gasteiger partial charge is 0.394 e. The van der Waals surface area contributed by atoms with Gasteiger partial charge in [-0.3, -0.25) is 0 Å². The van der Waals surface area contributed by atoms with E-state index in [0.717, 1.165) is 0 Å². The molecule has 1 aliphatic heterocycles. The van der Waals surface area contributed by atoms with Gasteiger partial charge in [-0.1, -0.05) is 12.2 Å². The first-order valence-corrected chi connectivity index (χ1v) is 6.74. The van der Waals surface area contributed by atoms with Gasteiger partial charge < -0.3 is 25.0 Å². The molecule has 21 heavy (non-hydrogen) atoms. The number of pyridine rings is 2. The van der Waals surface area contributed by atoms with Crippen molar-refractivity contribution in [2.45, 2.75) is 24.4 Å². The maximum absolute atomic E-state index is 13.1. The molecule has 4 atom stereocenters. The fourth-order valence-corrected chi connectivity index (χ4v) is 2.72. The number of H-pyrrole nitrogens is 1. The van der Waals surface area contributed by atoms with Crippen molar-refractivity contribution in [2.75, 3.05) is 6.61 Å². The molecule has 0 saturated carbocycles. The lowest BCUT2D eigenvalue weighted by Crippen LogP contribution is -2.32. The zero-order valence-electron chi connectivity index (χ0n) is 10.7. The van der Waals surface area contributed by atoms with Crippen LogP contribution in [0, 0.1) is 10.6 Å². The first-order valence-electron chi connectivity index (χ1n) is 6.33. The predicted molar refractivity (Wildman–Crippen MR) is 73.6 cm³/mol. The molecule has 4 unspecified atom stereocenters. The normalized spacial score (nSPS) is 29.1. The van der Waals surface area contributed by atoms with E-state index in [4.69, 9.17) is 22.1 Å². The number of aliphatic hydroxyl groups excluding tert-OH is 3. The zero-order valence-corrected chi connectivity index (χ0v) is 11.5. The van der Waals surface area contributed by atoms with Crippen LogP contribution in [0.15, 0.2) is 18.2 Å². The fourth-order valence-electron chi connectivity index (χ4n) is 2.44. The number of hydrogen-bond acceptors (Lipinski definition) is 6. The summed E-state index contributed by atoms with van der Waals surface area (Å²) >= 11 is 5.17. The molecule has 8 heteroatoms. The molecule has 0 amide bonds. The molecule has 4 N–H and O–H groups in total. The number of halogens is 1. The summed E-state index contributed by atoms with van der Waals surface area (Å²) in [6.45, 7) is -0.411. The molecule has 3 rings (SSSR count). The third-order valence-electron chi connectivity index (χ3n) is 3.55. The van der Waals surface area contributed by atoms with Gasteiger partial charge in [0.05, 0.1) is 6.61 Å². The molecule has 0 bridgehead atoms. The van der Waals surface area contributed by atoms with Crippen LogP contribution in [0.1, 0.15) is 11.7 Å². The number of nitrogens with one attached hydrogen (secondary N) is 1. The van der Waals surface area contributed by atoms with Crippen LogP contribution in [0.5, 0.6) is 0 Å². The number of fused-ring (bicyclic) bond motifs is 1. The van der Waals surface area contributed by atoms with Crippen molar-refractivity contribution in [3.05, 3.63) is 34.4 Å². The van der Waals surface area contributed by atoms with Gasteiger partial charge in [0.25, 0.3) is 0 Å². The van der Waals surface area contributed by atoms with Crippen LogP contribution in [0.25, 0.3) is 11.0 Å². The van der Waals surface area contributed by atoms with E-state index in [2.05, 4.69) is 9.97 Å². The maximum atomic E-state index is 13.1. The van der Waals surface area contributed by atoms with Gasteiger partial charge in [-0.15, -0.1) is 0 Å². The smallest absolute Gasteiger partial charge is 0.214 e. The highest BCUT2D eigenvalue weighted by Crippen LogP contribution is 2.34. The van der Waals surface area contributed by atoms with Crippen molar-refractivity contribution in [3.8, 4) is 0 Å². The molecule has 112 valence electrons. The van der Waals surface area contributed by atoms with Crippen molar-refractivity contribution in [1.82, 2.24) is 9.97 Å². The van der Waals surface area contributed by atoms with Gasteiger partial charge in [0.15, 0.2) is 0 Å². The summed E-state index contributed by atoms with van der Waals surface area (Å²) in [5.74, 6) is -0.631. The molecule has 0 aromatic carbocycles. The summed E-state index contributed by atoms with van der Waals surface area (Å²) in [5.41, 5.74) is 0.740. The van der Waals surface area contributed by atoms with Gasteiger partial charge in [-0.2, -0.15) is 4.39 Å². The van der Waals surface area contributed by atoms with Crippen LogP contribution >= 0.6 is 12.2 Å². The minimum Gasteiger partial charge on any atom is -0.394 e. The highest BCUT2D eigenvalue weighted by Gasteiger charge is 2.43. The Morgan fingerprint density at radius 3 is 2.76 bits per heavy atom. The Hall–Kier alpha value is -1.45. The number of rotatable bonds is 2. The van der Waals surface area contributed by atoms with Crippen LogP contribution in [0.3, 0.4) is 0 Å². The summed E-state index contributed by atoms with van der Waals surface area (Å²) < 4.78 is 18.8. The van der Waals surface area contributed by atoms with Crippen molar-refractivity contribution in [1.29, 1.82) is 0 Å². The van der Waals surface area contributed by atoms with Gasteiger partial charge in [-0.25, -0.2) is 4.98 Å². The van der Waals surface area contributed by atoms with Crippen LogP contribution in [0.4, 0.5) is 4.39 Å². The number of ether oxygens (including phenoxy) is 1. The Balaban J connectivity index is 2.07. The molecule has 3 heterocycles. The second-order valence-electron chi connectivity index (χ2n) is 4.88. The Bertz CT molecular complexity index is 738. The molecule has 0 aliphatic carbocycles.